The summed E-state index contributed by atoms with van der Waals surface area (Å²) in [6.07, 6.45) is 6.15. The molecular weight excluding hydrogens is 389 g/mol. The maximum atomic E-state index is 13.1. The molecular formula is C27H24FNS. The van der Waals surface area contributed by atoms with Crippen LogP contribution in [0.15, 0.2) is 79.0 Å². The molecule has 0 unspecified atom stereocenters. The monoisotopic (exact) mass is 413 g/mol. The van der Waals surface area contributed by atoms with E-state index in [-0.39, 0.29) is 11.2 Å². The molecule has 0 bridgehead atoms. The van der Waals surface area contributed by atoms with E-state index in [4.69, 9.17) is 0 Å². The summed E-state index contributed by atoms with van der Waals surface area (Å²) in [5.74, 6) is -0.232. The number of benzene rings is 3. The predicted molar refractivity (Wildman–Crippen MR) is 127 cm³/mol. The molecule has 3 aromatic carbocycles. The normalized spacial score (nSPS) is 11.9. The fraction of sp³-hybridized carbons (Fsp3) is 0.148. The Morgan fingerprint density at radius 3 is 1.83 bits per heavy atom. The van der Waals surface area contributed by atoms with Gasteiger partial charge >= 0.3 is 0 Å². The van der Waals surface area contributed by atoms with E-state index in [1.165, 1.54) is 23.3 Å². The summed E-state index contributed by atoms with van der Waals surface area (Å²) in [5, 5.41) is 0.896. The molecule has 0 aliphatic heterocycles. The molecule has 0 radical (unpaired) electrons. The van der Waals surface area contributed by atoms with Crippen molar-refractivity contribution >= 4 is 23.5 Å². The molecule has 0 saturated heterocycles. The Balaban J connectivity index is 1.47. The predicted octanol–water partition coefficient (Wildman–Crippen LogP) is 8.08. The first-order valence-corrected chi connectivity index (χ1v) is 10.8. The number of aromatic nitrogens is 1. The Kier molecular flexibility index (Phi) is 5.65. The van der Waals surface area contributed by atoms with Gasteiger partial charge < -0.3 is 0 Å². The highest BCUT2D eigenvalue weighted by Crippen LogP contribution is 2.32. The van der Waals surface area contributed by atoms with Crippen LogP contribution in [0.25, 0.3) is 33.2 Å². The summed E-state index contributed by atoms with van der Waals surface area (Å²) < 4.78 is 13.1. The van der Waals surface area contributed by atoms with Crippen molar-refractivity contribution in [3.63, 3.8) is 0 Å². The molecule has 4 rings (SSSR count). The Hall–Kier alpha value is -3.04. The van der Waals surface area contributed by atoms with Gasteiger partial charge in [0.2, 0.25) is 0 Å². The Labute approximate surface area is 181 Å². The van der Waals surface area contributed by atoms with Crippen LogP contribution in [0.4, 0.5) is 4.39 Å². The molecule has 0 saturated carbocycles. The number of nitrogens with zero attached hydrogens (tertiary/aromatic N) is 1. The van der Waals surface area contributed by atoms with Gasteiger partial charge in [-0.3, -0.25) is 0 Å². The third kappa shape index (κ3) is 4.74. The fourth-order valence-electron chi connectivity index (χ4n) is 3.18. The lowest BCUT2D eigenvalue weighted by molar-refractivity contribution is 0.590. The highest BCUT2D eigenvalue weighted by molar-refractivity contribution is 7.18. The first kappa shape index (κ1) is 20.2. The van der Waals surface area contributed by atoms with E-state index in [9.17, 15) is 4.39 Å². The minimum Gasteiger partial charge on any atom is -0.244 e. The highest BCUT2D eigenvalue weighted by atomic mass is 32.1. The van der Waals surface area contributed by atoms with Crippen molar-refractivity contribution in [2.45, 2.75) is 26.2 Å². The summed E-state index contributed by atoms with van der Waals surface area (Å²) in [6.45, 7) is 6.68. The van der Waals surface area contributed by atoms with E-state index in [0.29, 0.717) is 0 Å². The van der Waals surface area contributed by atoms with Crippen LogP contribution in [0, 0.1) is 5.82 Å². The van der Waals surface area contributed by atoms with Crippen molar-refractivity contribution in [2.24, 2.45) is 0 Å². The topological polar surface area (TPSA) is 12.9 Å². The van der Waals surface area contributed by atoms with Crippen molar-refractivity contribution in [2.75, 3.05) is 0 Å². The first-order chi connectivity index (χ1) is 14.4. The van der Waals surface area contributed by atoms with Crippen molar-refractivity contribution in [3.05, 3.63) is 102 Å². The van der Waals surface area contributed by atoms with Gasteiger partial charge in [0.1, 0.15) is 10.8 Å². The van der Waals surface area contributed by atoms with Gasteiger partial charge in [0.25, 0.3) is 0 Å². The molecule has 1 aromatic heterocycles. The first-order valence-electron chi connectivity index (χ1n) is 9.99. The SMILES string of the molecule is CC(C)(C)c1ccc(/C=C/c2ccc(-c3cnc(-c4ccc(F)cc4)s3)cc2)cc1. The molecule has 0 fully saturated rings. The standard InChI is InChI=1S/C27H24FNS/c1-27(2,3)23-14-8-20(9-15-23)5-4-19-6-10-21(11-7-19)25-18-29-26(30-25)22-12-16-24(28)17-13-22/h4-18H,1-3H3/b5-4+. The van der Waals surface area contributed by atoms with Gasteiger partial charge in [-0.2, -0.15) is 0 Å². The minimum atomic E-state index is -0.232. The molecule has 1 nitrogen and oxygen atoms in total. The summed E-state index contributed by atoms with van der Waals surface area (Å²) in [4.78, 5) is 5.60. The van der Waals surface area contributed by atoms with Crippen LogP contribution in [-0.4, -0.2) is 4.98 Å². The van der Waals surface area contributed by atoms with E-state index in [2.05, 4.69) is 86.4 Å². The largest absolute Gasteiger partial charge is 0.244 e. The summed E-state index contributed by atoms with van der Waals surface area (Å²) >= 11 is 1.61. The van der Waals surface area contributed by atoms with Gasteiger partial charge in [0, 0.05) is 11.8 Å². The third-order valence-corrected chi connectivity index (χ3v) is 6.13. The van der Waals surface area contributed by atoms with Gasteiger partial charge in [-0.25, -0.2) is 9.37 Å². The zero-order valence-corrected chi connectivity index (χ0v) is 18.2. The van der Waals surface area contributed by atoms with E-state index in [1.807, 2.05) is 6.20 Å². The average Bonchev–Trinajstić information content (AvgIpc) is 3.23. The lowest BCUT2D eigenvalue weighted by Gasteiger charge is -2.18. The quantitative estimate of drug-likeness (QED) is 0.308. The second-order valence-electron chi connectivity index (χ2n) is 8.36. The zero-order chi connectivity index (χ0) is 21.1. The summed E-state index contributed by atoms with van der Waals surface area (Å²) in [7, 11) is 0. The van der Waals surface area contributed by atoms with E-state index in [1.54, 1.807) is 23.5 Å². The van der Waals surface area contributed by atoms with Crippen LogP contribution in [0.5, 0.6) is 0 Å². The Morgan fingerprint density at radius 2 is 1.27 bits per heavy atom. The smallest absolute Gasteiger partial charge is 0.123 e. The number of halogens is 1. The number of rotatable bonds is 4. The molecule has 150 valence electrons. The highest BCUT2D eigenvalue weighted by Gasteiger charge is 2.12. The van der Waals surface area contributed by atoms with Crippen LogP contribution in [0.3, 0.4) is 0 Å². The Morgan fingerprint density at radius 1 is 0.733 bits per heavy atom. The molecule has 4 aromatic rings. The van der Waals surface area contributed by atoms with Gasteiger partial charge in [0.15, 0.2) is 0 Å². The second kappa shape index (κ2) is 8.37. The fourth-order valence-corrected chi connectivity index (χ4v) is 4.11. The van der Waals surface area contributed by atoms with Crippen LogP contribution in [-0.2, 0) is 5.41 Å². The minimum absolute atomic E-state index is 0.172. The second-order valence-corrected chi connectivity index (χ2v) is 9.39. The lowest BCUT2D eigenvalue weighted by atomic mass is 9.87. The van der Waals surface area contributed by atoms with Gasteiger partial charge in [0.05, 0.1) is 4.88 Å². The average molecular weight is 414 g/mol. The van der Waals surface area contributed by atoms with Gasteiger partial charge in [-0.15, -0.1) is 11.3 Å². The van der Waals surface area contributed by atoms with Crippen LogP contribution < -0.4 is 0 Å². The molecule has 0 atom stereocenters. The van der Waals surface area contributed by atoms with Crippen molar-refractivity contribution < 1.29 is 4.39 Å². The van der Waals surface area contributed by atoms with E-state index in [0.717, 1.165) is 26.6 Å². The van der Waals surface area contributed by atoms with Crippen molar-refractivity contribution in [1.29, 1.82) is 0 Å². The van der Waals surface area contributed by atoms with Crippen LogP contribution in [0.2, 0.25) is 0 Å². The number of hydrogen-bond acceptors (Lipinski definition) is 2. The Bertz CT molecular complexity index is 1150. The molecule has 0 spiro atoms. The molecule has 0 aliphatic carbocycles. The van der Waals surface area contributed by atoms with Crippen molar-refractivity contribution in [3.8, 4) is 21.0 Å². The molecule has 1 heterocycles. The third-order valence-electron chi connectivity index (χ3n) is 5.04. The maximum Gasteiger partial charge on any atom is 0.123 e. The van der Waals surface area contributed by atoms with Crippen LogP contribution >= 0.6 is 11.3 Å². The summed E-state index contributed by atoms with van der Waals surface area (Å²) in [6, 6.07) is 23.7. The molecule has 30 heavy (non-hydrogen) atoms. The zero-order valence-electron chi connectivity index (χ0n) is 17.4. The van der Waals surface area contributed by atoms with E-state index >= 15 is 0 Å². The molecule has 0 amide bonds. The van der Waals surface area contributed by atoms with Gasteiger partial charge in [-0.05, 0) is 51.9 Å². The van der Waals surface area contributed by atoms with Gasteiger partial charge in [-0.1, -0.05) is 81.5 Å². The molecule has 0 aliphatic rings. The molecule has 3 heteroatoms. The maximum absolute atomic E-state index is 13.1. The number of hydrogen-bond donors (Lipinski definition) is 0. The number of thiazole rings is 1. The molecule has 0 N–H and O–H groups in total. The lowest BCUT2D eigenvalue weighted by Crippen LogP contribution is -2.10. The van der Waals surface area contributed by atoms with Crippen LogP contribution in [0.1, 0.15) is 37.5 Å². The van der Waals surface area contributed by atoms with E-state index < -0.39 is 0 Å². The summed E-state index contributed by atoms with van der Waals surface area (Å²) in [5.41, 5.74) is 5.93. The van der Waals surface area contributed by atoms with Crippen molar-refractivity contribution in [1.82, 2.24) is 4.98 Å².